The zero-order chi connectivity index (χ0) is 7.90. The molecule has 1 saturated heterocycles. The molecule has 3 nitrogen and oxygen atoms in total. The van der Waals surface area contributed by atoms with Crippen LogP contribution in [0.3, 0.4) is 0 Å². The van der Waals surface area contributed by atoms with Gasteiger partial charge in [0.2, 0.25) is 0 Å². The molecular formula is C8H8O3. The number of allylic oxidation sites excluding steroid dienone is 1. The van der Waals surface area contributed by atoms with E-state index in [1.54, 1.807) is 6.08 Å². The monoisotopic (exact) mass is 152 g/mol. The first kappa shape index (κ1) is 6.58. The van der Waals surface area contributed by atoms with Crippen LogP contribution in [0, 0.1) is 5.41 Å². The average Bonchev–Trinajstić information content (AvgIpc) is 2.07. The zero-order valence-corrected chi connectivity index (χ0v) is 6.00. The van der Waals surface area contributed by atoms with Crippen molar-refractivity contribution in [2.45, 2.75) is 19.3 Å². The number of carbonyl (C=O) groups is 2. The van der Waals surface area contributed by atoms with Crippen LogP contribution >= 0.6 is 0 Å². The van der Waals surface area contributed by atoms with E-state index in [4.69, 9.17) is 0 Å². The molecule has 0 radical (unpaired) electrons. The Bertz CT molecular complexity index is 238. The van der Waals surface area contributed by atoms with E-state index >= 15 is 0 Å². The van der Waals surface area contributed by atoms with Crippen LogP contribution in [0.2, 0.25) is 0 Å². The maximum Gasteiger partial charge on any atom is 0.335 e. The summed E-state index contributed by atoms with van der Waals surface area (Å²) in [6.45, 7) is 0. The highest BCUT2D eigenvalue weighted by molar-refractivity contribution is 6.15. The first-order valence-corrected chi connectivity index (χ1v) is 3.70. The Morgan fingerprint density at radius 3 is 2.45 bits per heavy atom. The maximum absolute atomic E-state index is 10.9. The number of carbonyl (C=O) groups excluding carboxylic acids is 2. The third-order valence-corrected chi connectivity index (χ3v) is 2.26. The summed E-state index contributed by atoms with van der Waals surface area (Å²) in [7, 11) is 0. The van der Waals surface area contributed by atoms with Gasteiger partial charge in [-0.15, -0.1) is 0 Å². The second-order valence-electron chi connectivity index (χ2n) is 2.94. The summed E-state index contributed by atoms with van der Waals surface area (Å²) in [6.07, 6.45) is 6.05. The lowest BCUT2D eigenvalue weighted by Crippen LogP contribution is -2.52. The first-order valence-electron chi connectivity index (χ1n) is 3.70. The number of cyclic esters (lactones) is 2. The fourth-order valence-corrected chi connectivity index (χ4v) is 1.51. The van der Waals surface area contributed by atoms with Crippen molar-refractivity contribution in [2.24, 2.45) is 5.41 Å². The minimum atomic E-state index is -0.863. The molecule has 1 heterocycles. The highest BCUT2D eigenvalue weighted by Gasteiger charge is 2.56. The number of rotatable bonds is 0. The van der Waals surface area contributed by atoms with Crippen LogP contribution in [-0.4, -0.2) is 11.9 Å². The van der Waals surface area contributed by atoms with Crippen LogP contribution in [0.5, 0.6) is 0 Å². The molecule has 1 aliphatic carbocycles. The molecular weight excluding hydrogens is 144 g/mol. The van der Waals surface area contributed by atoms with Crippen molar-refractivity contribution in [2.75, 3.05) is 0 Å². The van der Waals surface area contributed by atoms with E-state index in [9.17, 15) is 9.59 Å². The predicted octanol–water partition coefficient (Wildman–Crippen LogP) is 0.796. The fraction of sp³-hybridized carbons (Fsp3) is 0.500. The minimum absolute atomic E-state index is 0.376. The van der Waals surface area contributed by atoms with Crippen molar-refractivity contribution in [1.82, 2.24) is 0 Å². The molecule has 1 fully saturated rings. The molecule has 1 spiro atoms. The Kier molecular flexibility index (Phi) is 1.16. The van der Waals surface area contributed by atoms with E-state index < -0.39 is 5.41 Å². The zero-order valence-electron chi connectivity index (χ0n) is 6.00. The number of hydrogen-bond acceptors (Lipinski definition) is 3. The maximum atomic E-state index is 10.9. The second-order valence-corrected chi connectivity index (χ2v) is 2.94. The van der Waals surface area contributed by atoms with Crippen molar-refractivity contribution < 1.29 is 14.3 Å². The Morgan fingerprint density at radius 1 is 1.36 bits per heavy atom. The summed E-state index contributed by atoms with van der Waals surface area (Å²) in [5, 5.41) is 0. The van der Waals surface area contributed by atoms with Gasteiger partial charge in [-0.2, -0.15) is 0 Å². The Balaban J connectivity index is 2.32. The van der Waals surface area contributed by atoms with Crippen LogP contribution in [0.4, 0.5) is 0 Å². The molecule has 0 saturated carbocycles. The first-order chi connectivity index (χ1) is 5.26. The Labute approximate surface area is 64.0 Å². The molecule has 3 heteroatoms. The van der Waals surface area contributed by atoms with Crippen LogP contribution < -0.4 is 0 Å². The van der Waals surface area contributed by atoms with Crippen LogP contribution in [0.15, 0.2) is 12.2 Å². The number of ether oxygens (including phenoxy) is 1. The van der Waals surface area contributed by atoms with Gasteiger partial charge in [-0.25, -0.2) is 9.59 Å². The van der Waals surface area contributed by atoms with Gasteiger partial charge in [0.1, 0.15) is 0 Å². The van der Waals surface area contributed by atoms with E-state index in [1.165, 1.54) is 0 Å². The molecule has 58 valence electrons. The topological polar surface area (TPSA) is 43.4 Å². The lowest BCUT2D eigenvalue weighted by Gasteiger charge is -2.35. The molecule has 0 bridgehead atoms. The second kappa shape index (κ2) is 1.94. The van der Waals surface area contributed by atoms with E-state index in [2.05, 4.69) is 4.74 Å². The summed E-state index contributed by atoms with van der Waals surface area (Å²) in [5.74, 6) is -0.753. The fourth-order valence-electron chi connectivity index (χ4n) is 1.51. The van der Waals surface area contributed by atoms with Gasteiger partial charge in [0.05, 0.1) is 0 Å². The standard InChI is InChI=1S/C8H8O3/c9-6-8(7(10)11-6)4-2-1-3-5-8/h2,4H,1,3,5H2. The van der Waals surface area contributed by atoms with Gasteiger partial charge in [-0.3, -0.25) is 0 Å². The molecule has 0 unspecified atom stereocenters. The highest BCUT2D eigenvalue weighted by Crippen LogP contribution is 2.40. The smallest absolute Gasteiger partial charge is 0.335 e. The van der Waals surface area contributed by atoms with Crippen molar-refractivity contribution in [1.29, 1.82) is 0 Å². The van der Waals surface area contributed by atoms with Gasteiger partial charge in [0, 0.05) is 0 Å². The molecule has 0 atom stereocenters. The third kappa shape index (κ3) is 0.679. The number of esters is 2. The van der Waals surface area contributed by atoms with Gasteiger partial charge < -0.3 is 4.74 Å². The average molecular weight is 152 g/mol. The lowest BCUT2D eigenvalue weighted by molar-refractivity contribution is -0.192. The molecule has 0 N–H and O–H groups in total. The highest BCUT2D eigenvalue weighted by atomic mass is 16.6. The largest absolute Gasteiger partial charge is 0.391 e. The summed E-state index contributed by atoms with van der Waals surface area (Å²) >= 11 is 0. The summed E-state index contributed by atoms with van der Waals surface area (Å²) in [6, 6.07) is 0. The summed E-state index contributed by atoms with van der Waals surface area (Å²) < 4.78 is 4.30. The molecule has 1 aliphatic heterocycles. The van der Waals surface area contributed by atoms with Gasteiger partial charge in [-0.1, -0.05) is 12.2 Å². The van der Waals surface area contributed by atoms with Gasteiger partial charge in [0.15, 0.2) is 5.41 Å². The van der Waals surface area contributed by atoms with Gasteiger partial charge in [-0.05, 0) is 19.3 Å². The Hall–Kier alpha value is -1.12. The van der Waals surface area contributed by atoms with Crippen molar-refractivity contribution in [3.8, 4) is 0 Å². The molecule has 2 aliphatic rings. The third-order valence-electron chi connectivity index (χ3n) is 2.26. The van der Waals surface area contributed by atoms with E-state index in [-0.39, 0.29) is 11.9 Å². The van der Waals surface area contributed by atoms with Crippen molar-refractivity contribution in [3.05, 3.63) is 12.2 Å². The normalized spacial score (nSPS) is 26.5. The van der Waals surface area contributed by atoms with Crippen molar-refractivity contribution >= 4 is 11.9 Å². The van der Waals surface area contributed by atoms with Gasteiger partial charge in [0.25, 0.3) is 0 Å². The lowest BCUT2D eigenvalue weighted by atomic mass is 9.76. The molecule has 2 rings (SSSR count). The number of hydrogen-bond donors (Lipinski definition) is 0. The summed E-state index contributed by atoms with van der Waals surface area (Å²) in [4.78, 5) is 21.8. The molecule has 11 heavy (non-hydrogen) atoms. The van der Waals surface area contributed by atoms with Gasteiger partial charge >= 0.3 is 11.9 Å². The van der Waals surface area contributed by atoms with Crippen LogP contribution in [-0.2, 0) is 14.3 Å². The predicted molar refractivity (Wildman–Crippen MR) is 36.5 cm³/mol. The molecule has 0 aromatic rings. The molecule has 0 amide bonds. The molecule has 0 aromatic carbocycles. The Morgan fingerprint density at radius 2 is 2.09 bits per heavy atom. The van der Waals surface area contributed by atoms with Crippen LogP contribution in [0.1, 0.15) is 19.3 Å². The SMILES string of the molecule is O=C1OC(=O)C12C=CCCC2. The van der Waals surface area contributed by atoms with E-state index in [0.717, 1.165) is 12.8 Å². The van der Waals surface area contributed by atoms with E-state index in [0.29, 0.717) is 6.42 Å². The molecule has 0 aromatic heterocycles. The van der Waals surface area contributed by atoms with Crippen LogP contribution in [0.25, 0.3) is 0 Å². The quantitative estimate of drug-likeness (QED) is 0.293. The van der Waals surface area contributed by atoms with Crippen molar-refractivity contribution in [3.63, 3.8) is 0 Å². The minimum Gasteiger partial charge on any atom is -0.391 e. The van der Waals surface area contributed by atoms with E-state index in [1.807, 2.05) is 6.08 Å². The summed E-state index contributed by atoms with van der Waals surface area (Å²) in [5.41, 5.74) is -0.863.